The van der Waals surface area contributed by atoms with Crippen LogP contribution in [0.4, 0.5) is 5.69 Å². The van der Waals surface area contributed by atoms with Gasteiger partial charge in [0.2, 0.25) is 5.91 Å². The standard InChI is InChI=1S/C14H18N2O4/c1-10(20-13(18)8-9-15-11(2)17)14(19)16-12-6-4-3-5-7-12/h3-7,10H,8-9H2,1-2H3,(H,15,17)(H,16,19)/t10-/m0/s1. The van der Waals surface area contributed by atoms with Gasteiger partial charge in [0, 0.05) is 19.2 Å². The molecule has 1 rings (SSSR count). The van der Waals surface area contributed by atoms with Crippen molar-refractivity contribution in [3.05, 3.63) is 30.3 Å². The molecule has 6 heteroatoms. The summed E-state index contributed by atoms with van der Waals surface area (Å²) in [6.07, 6.45) is -0.859. The predicted molar refractivity (Wildman–Crippen MR) is 73.9 cm³/mol. The Morgan fingerprint density at radius 1 is 1.20 bits per heavy atom. The molecule has 1 aromatic carbocycles. The highest BCUT2D eigenvalue weighted by molar-refractivity contribution is 5.95. The van der Waals surface area contributed by atoms with E-state index in [0.29, 0.717) is 5.69 Å². The Labute approximate surface area is 117 Å². The Bertz CT molecular complexity index is 473. The van der Waals surface area contributed by atoms with Crippen LogP contribution in [0.2, 0.25) is 0 Å². The molecule has 0 aromatic heterocycles. The average Bonchev–Trinajstić information content (AvgIpc) is 2.39. The predicted octanol–water partition coefficient (Wildman–Crippen LogP) is 1.08. The lowest BCUT2D eigenvalue weighted by molar-refractivity contribution is -0.153. The highest BCUT2D eigenvalue weighted by Gasteiger charge is 2.17. The van der Waals surface area contributed by atoms with Crippen molar-refractivity contribution in [1.82, 2.24) is 5.32 Å². The number of carbonyl (C=O) groups is 3. The molecule has 0 heterocycles. The third-order valence-corrected chi connectivity index (χ3v) is 2.42. The summed E-state index contributed by atoms with van der Waals surface area (Å²) in [6, 6.07) is 8.90. The summed E-state index contributed by atoms with van der Waals surface area (Å²) in [5.74, 6) is -1.15. The number of hydrogen-bond donors (Lipinski definition) is 2. The third-order valence-electron chi connectivity index (χ3n) is 2.42. The molecule has 6 nitrogen and oxygen atoms in total. The van der Waals surface area contributed by atoms with Crippen LogP contribution in [0.5, 0.6) is 0 Å². The summed E-state index contributed by atoms with van der Waals surface area (Å²) in [4.78, 5) is 33.8. The van der Waals surface area contributed by atoms with Gasteiger partial charge in [0.15, 0.2) is 6.10 Å². The molecule has 0 saturated carbocycles. The molecule has 0 aliphatic heterocycles. The molecule has 0 aliphatic carbocycles. The Balaban J connectivity index is 2.34. The maximum atomic E-state index is 11.8. The second-order valence-corrected chi connectivity index (χ2v) is 4.22. The zero-order chi connectivity index (χ0) is 15.0. The third kappa shape index (κ3) is 5.99. The molecule has 0 aliphatic rings. The minimum Gasteiger partial charge on any atom is -0.452 e. The van der Waals surface area contributed by atoms with Crippen molar-refractivity contribution < 1.29 is 19.1 Å². The highest BCUT2D eigenvalue weighted by atomic mass is 16.5. The Morgan fingerprint density at radius 2 is 1.85 bits per heavy atom. The van der Waals surface area contributed by atoms with Crippen molar-refractivity contribution in [1.29, 1.82) is 0 Å². The van der Waals surface area contributed by atoms with Gasteiger partial charge in [-0.1, -0.05) is 18.2 Å². The summed E-state index contributed by atoms with van der Waals surface area (Å²) in [5, 5.41) is 5.11. The molecule has 20 heavy (non-hydrogen) atoms. The first-order valence-corrected chi connectivity index (χ1v) is 6.29. The molecular weight excluding hydrogens is 260 g/mol. The molecular formula is C14H18N2O4. The second kappa shape index (κ2) is 7.93. The van der Waals surface area contributed by atoms with Crippen LogP contribution in [0, 0.1) is 0 Å². The minimum atomic E-state index is -0.889. The zero-order valence-electron chi connectivity index (χ0n) is 11.5. The lowest BCUT2D eigenvalue weighted by Crippen LogP contribution is -2.31. The van der Waals surface area contributed by atoms with Gasteiger partial charge in [0.25, 0.3) is 5.91 Å². The molecule has 1 aromatic rings. The Morgan fingerprint density at radius 3 is 2.45 bits per heavy atom. The maximum Gasteiger partial charge on any atom is 0.308 e. The fraction of sp³-hybridized carbons (Fsp3) is 0.357. The number of amides is 2. The van der Waals surface area contributed by atoms with E-state index in [2.05, 4.69) is 10.6 Å². The van der Waals surface area contributed by atoms with Crippen molar-refractivity contribution in [3.63, 3.8) is 0 Å². The first-order valence-electron chi connectivity index (χ1n) is 6.29. The normalized spacial score (nSPS) is 11.3. The lowest BCUT2D eigenvalue weighted by atomic mass is 10.3. The van der Waals surface area contributed by atoms with E-state index < -0.39 is 18.0 Å². The quantitative estimate of drug-likeness (QED) is 0.763. The number of hydrogen-bond acceptors (Lipinski definition) is 4. The number of para-hydroxylation sites is 1. The van der Waals surface area contributed by atoms with Crippen molar-refractivity contribution in [3.8, 4) is 0 Å². The molecule has 108 valence electrons. The van der Waals surface area contributed by atoms with Crippen LogP contribution in [-0.2, 0) is 19.1 Å². The largest absolute Gasteiger partial charge is 0.452 e. The van der Waals surface area contributed by atoms with Gasteiger partial charge < -0.3 is 15.4 Å². The molecule has 0 bridgehead atoms. The number of anilines is 1. The number of benzene rings is 1. The van der Waals surface area contributed by atoms with E-state index in [9.17, 15) is 14.4 Å². The zero-order valence-corrected chi connectivity index (χ0v) is 11.5. The van der Waals surface area contributed by atoms with E-state index in [0.717, 1.165) is 0 Å². The molecule has 0 unspecified atom stereocenters. The molecule has 0 saturated heterocycles. The molecule has 1 atom stereocenters. The fourth-order valence-electron chi connectivity index (χ4n) is 1.42. The lowest BCUT2D eigenvalue weighted by Gasteiger charge is -2.13. The van der Waals surface area contributed by atoms with Crippen molar-refractivity contribution in [2.24, 2.45) is 0 Å². The van der Waals surface area contributed by atoms with Gasteiger partial charge in [0.05, 0.1) is 6.42 Å². The molecule has 2 amide bonds. The summed E-state index contributed by atoms with van der Waals surface area (Å²) in [7, 11) is 0. The number of rotatable bonds is 6. The Kier molecular flexibility index (Phi) is 6.22. The summed E-state index contributed by atoms with van der Waals surface area (Å²) < 4.78 is 4.96. The molecule has 2 N–H and O–H groups in total. The van der Waals surface area contributed by atoms with Gasteiger partial charge in [-0.3, -0.25) is 14.4 Å². The van der Waals surface area contributed by atoms with Crippen molar-refractivity contribution in [2.45, 2.75) is 26.4 Å². The van der Waals surface area contributed by atoms with E-state index in [4.69, 9.17) is 4.74 Å². The first-order chi connectivity index (χ1) is 9.49. The van der Waals surface area contributed by atoms with Gasteiger partial charge in [-0.05, 0) is 19.1 Å². The second-order valence-electron chi connectivity index (χ2n) is 4.22. The SMILES string of the molecule is CC(=O)NCCC(=O)O[C@@H](C)C(=O)Nc1ccccc1. The number of nitrogens with one attached hydrogen (secondary N) is 2. The average molecular weight is 278 g/mol. The highest BCUT2D eigenvalue weighted by Crippen LogP contribution is 2.06. The van der Waals surface area contributed by atoms with E-state index in [-0.39, 0.29) is 18.9 Å². The van der Waals surface area contributed by atoms with E-state index in [1.807, 2.05) is 6.07 Å². The molecule has 0 radical (unpaired) electrons. The van der Waals surface area contributed by atoms with Crippen LogP contribution in [0.3, 0.4) is 0 Å². The van der Waals surface area contributed by atoms with Crippen LogP contribution in [-0.4, -0.2) is 30.4 Å². The van der Waals surface area contributed by atoms with E-state index >= 15 is 0 Å². The Hall–Kier alpha value is -2.37. The molecule has 0 fully saturated rings. The number of esters is 1. The fourth-order valence-corrected chi connectivity index (χ4v) is 1.42. The summed E-state index contributed by atoms with van der Waals surface area (Å²) in [6.45, 7) is 3.05. The van der Waals surface area contributed by atoms with Gasteiger partial charge in [-0.15, -0.1) is 0 Å². The minimum absolute atomic E-state index is 0.0303. The van der Waals surface area contributed by atoms with E-state index in [1.165, 1.54) is 13.8 Å². The monoisotopic (exact) mass is 278 g/mol. The van der Waals surface area contributed by atoms with Gasteiger partial charge in [0.1, 0.15) is 0 Å². The van der Waals surface area contributed by atoms with Gasteiger partial charge in [-0.25, -0.2) is 0 Å². The van der Waals surface area contributed by atoms with E-state index in [1.54, 1.807) is 24.3 Å². The molecule has 0 spiro atoms. The van der Waals surface area contributed by atoms with Crippen LogP contribution in [0.1, 0.15) is 20.3 Å². The van der Waals surface area contributed by atoms with Crippen LogP contribution >= 0.6 is 0 Å². The van der Waals surface area contributed by atoms with Crippen molar-refractivity contribution >= 4 is 23.5 Å². The number of carbonyl (C=O) groups excluding carboxylic acids is 3. The first kappa shape index (κ1) is 15.7. The summed E-state index contributed by atoms with van der Waals surface area (Å²) in [5.41, 5.74) is 0.638. The topological polar surface area (TPSA) is 84.5 Å². The van der Waals surface area contributed by atoms with Crippen LogP contribution < -0.4 is 10.6 Å². The maximum absolute atomic E-state index is 11.8. The van der Waals surface area contributed by atoms with Gasteiger partial charge >= 0.3 is 5.97 Å². The van der Waals surface area contributed by atoms with Crippen LogP contribution in [0.15, 0.2) is 30.3 Å². The summed E-state index contributed by atoms with van der Waals surface area (Å²) >= 11 is 0. The van der Waals surface area contributed by atoms with Crippen molar-refractivity contribution in [2.75, 3.05) is 11.9 Å². The smallest absolute Gasteiger partial charge is 0.308 e. The number of ether oxygens (including phenoxy) is 1. The van der Waals surface area contributed by atoms with Crippen LogP contribution in [0.25, 0.3) is 0 Å². The van der Waals surface area contributed by atoms with Gasteiger partial charge in [-0.2, -0.15) is 0 Å².